The second-order valence-corrected chi connectivity index (χ2v) is 7.69. The van der Waals surface area contributed by atoms with Crippen molar-refractivity contribution in [2.75, 3.05) is 11.4 Å². The van der Waals surface area contributed by atoms with Gasteiger partial charge in [-0.1, -0.05) is 11.6 Å². The van der Waals surface area contributed by atoms with Gasteiger partial charge >= 0.3 is 0 Å². The van der Waals surface area contributed by atoms with Crippen LogP contribution in [0.4, 0.5) is 10.1 Å². The molecule has 3 aromatic rings. The van der Waals surface area contributed by atoms with Gasteiger partial charge in [0.05, 0.1) is 0 Å². The van der Waals surface area contributed by atoms with E-state index in [4.69, 9.17) is 11.6 Å². The third-order valence-corrected chi connectivity index (χ3v) is 5.32. The molecule has 2 amide bonds. The van der Waals surface area contributed by atoms with Gasteiger partial charge < -0.3 is 20.3 Å². The number of aryl methyl sites for hydroxylation is 1. The van der Waals surface area contributed by atoms with Gasteiger partial charge in [0.2, 0.25) is 5.60 Å². The molecule has 1 fully saturated rings. The molecule has 0 aliphatic carbocycles. The Balaban J connectivity index is 1.50. The number of carbonyl (C=O) groups excluding carboxylic acids is 2. The molecule has 6 nitrogen and oxygen atoms in total. The molecule has 1 aliphatic rings. The summed E-state index contributed by atoms with van der Waals surface area (Å²) in [6.07, 6.45) is -0.0359. The summed E-state index contributed by atoms with van der Waals surface area (Å²) in [6.45, 7) is 2.10. The highest BCUT2D eigenvalue weighted by Gasteiger charge is 2.51. The minimum atomic E-state index is -2.17. The average Bonchev–Trinajstić information content (AvgIpc) is 3.18. The number of H-pyrrole nitrogens is 1. The maximum Gasteiger partial charge on any atom is 0.268 e. The molecule has 150 valence electrons. The maximum absolute atomic E-state index is 13.4. The Bertz CT molecular complexity index is 1110. The van der Waals surface area contributed by atoms with Gasteiger partial charge in [0.1, 0.15) is 5.82 Å². The number of nitrogens with one attached hydrogen (secondary N) is 2. The van der Waals surface area contributed by atoms with E-state index in [0.717, 1.165) is 22.7 Å². The van der Waals surface area contributed by atoms with E-state index < -0.39 is 23.2 Å². The maximum atomic E-state index is 13.4. The van der Waals surface area contributed by atoms with E-state index in [9.17, 15) is 19.1 Å². The van der Waals surface area contributed by atoms with Crippen LogP contribution in [-0.2, 0) is 16.1 Å². The number of carbonyl (C=O) groups is 2. The van der Waals surface area contributed by atoms with Crippen molar-refractivity contribution < 1.29 is 19.1 Å². The lowest BCUT2D eigenvalue weighted by molar-refractivity contribution is -0.149. The molecule has 1 aliphatic heterocycles. The zero-order chi connectivity index (χ0) is 20.8. The van der Waals surface area contributed by atoms with E-state index in [0.29, 0.717) is 11.3 Å². The van der Waals surface area contributed by atoms with Gasteiger partial charge in [-0.15, -0.1) is 0 Å². The van der Waals surface area contributed by atoms with Crippen LogP contribution in [0, 0.1) is 12.7 Å². The fraction of sp³-hybridized carbons (Fsp3) is 0.238. The van der Waals surface area contributed by atoms with E-state index in [-0.39, 0.29) is 24.5 Å². The highest BCUT2D eigenvalue weighted by atomic mass is 35.5. The highest BCUT2D eigenvalue weighted by Crippen LogP contribution is 2.31. The first-order valence-corrected chi connectivity index (χ1v) is 9.51. The number of hydrogen-bond acceptors (Lipinski definition) is 3. The molecule has 29 heavy (non-hydrogen) atoms. The number of hydrogen-bond donors (Lipinski definition) is 3. The summed E-state index contributed by atoms with van der Waals surface area (Å²) in [4.78, 5) is 30.0. The first kappa shape index (κ1) is 19.4. The van der Waals surface area contributed by atoms with Crippen LogP contribution >= 0.6 is 11.6 Å². The van der Waals surface area contributed by atoms with Crippen molar-refractivity contribution in [2.45, 2.75) is 25.5 Å². The van der Waals surface area contributed by atoms with Crippen molar-refractivity contribution in [1.29, 1.82) is 0 Å². The normalized spacial score (nSPS) is 19.2. The van der Waals surface area contributed by atoms with Gasteiger partial charge in [-0.2, -0.15) is 0 Å². The predicted octanol–water partition coefficient (Wildman–Crippen LogP) is 3.05. The van der Waals surface area contributed by atoms with Crippen LogP contribution < -0.4 is 10.2 Å². The Hall–Kier alpha value is -2.90. The number of aromatic nitrogens is 1. The van der Waals surface area contributed by atoms with Crippen LogP contribution in [0.1, 0.15) is 17.7 Å². The summed E-state index contributed by atoms with van der Waals surface area (Å²) in [6, 6.07) is 11.3. The summed E-state index contributed by atoms with van der Waals surface area (Å²) in [5, 5.41) is 14.4. The molecule has 0 radical (unpaired) electrons. The quantitative estimate of drug-likeness (QED) is 0.572. The molecular weight excluding hydrogens is 397 g/mol. The van der Waals surface area contributed by atoms with Crippen LogP contribution in [0.5, 0.6) is 0 Å². The second kappa shape index (κ2) is 7.17. The number of rotatable bonds is 4. The zero-order valence-electron chi connectivity index (χ0n) is 15.6. The SMILES string of the molecule is Cc1cc2cc(N3CCC(O)(C(=O)NCc4cc(F)cc(Cl)c4)C3=O)ccc2[nH]1. The number of benzene rings is 2. The van der Waals surface area contributed by atoms with Crippen molar-refractivity contribution >= 4 is 40.0 Å². The van der Waals surface area contributed by atoms with Crippen LogP contribution in [0.3, 0.4) is 0 Å². The third kappa shape index (κ3) is 3.59. The van der Waals surface area contributed by atoms with Gasteiger partial charge in [-0.3, -0.25) is 9.59 Å². The first-order chi connectivity index (χ1) is 13.8. The first-order valence-electron chi connectivity index (χ1n) is 9.13. The van der Waals surface area contributed by atoms with Gasteiger partial charge in [0.25, 0.3) is 11.8 Å². The summed E-state index contributed by atoms with van der Waals surface area (Å²) in [5.41, 5.74) is 0.822. The Morgan fingerprint density at radius 2 is 2.10 bits per heavy atom. The lowest BCUT2D eigenvalue weighted by atomic mass is 10.0. The topological polar surface area (TPSA) is 85.4 Å². The summed E-state index contributed by atoms with van der Waals surface area (Å²) in [7, 11) is 0. The van der Waals surface area contributed by atoms with E-state index in [1.165, 1.54) is 17.0 Å². The number of aromatic amines is 1. The minimum Gasteiger partial charge on any atom is -0.372 e. The van der Waals surface area contributed by atoms with Crippen molar-refractivity contribution in [3.63, 3.8) is 0 Å². The molecule has 4 rings (SSSR count). The lowest BCUT2D eigenvalue weighted by Crippen LogP contribution is -2.52. The third-order valence-electron chi connectivity index (χ3n) is 5.10. The number of anilines is 1. The monoisotopic (exact) mass is 415 g/mol. The van der Waals surface area contributed by atoms with Crippen molar-refractivity contribution in [2.24, 2.45) is 0 Å². The molecule has 8 heteroatoms. The van der Waals surface area contributed by atoms with Crippen LogP contribution in [0.25, 0.3) is 10.9 Å². The Kier molecular flexibility index (Phi) is 4.80. The smallest absolute Gasteiger partial charge is 0.268 e. The van der Waals surface area contributed by atoms with E-state index in [1.54, 1.807) is 6.07 Å². The Morgan fingerprint density at radius 1 is 1.31 bits per heavy atom. The lowest BCUT2D eigenvalue weighted by Gasteiger charge is -2.22. The Labute approximate surface area is 171 Å². The van der Waals surface area contributed by atoms with Gasteiger partial charge in [0.15, 0.2) is 0 Å². The molecular formula is C21H19ClFN3O3. The van der Waals surface area contributed by atoms with Crippen LogP contribution in [-0.4, -0.2) is 34.1 Å². The Morgan fingerprint density at radius 3 is 2.86 bits per heavy atom. The number of nitrogens with zero attached hydrogens (tertiary/aromatic N) is 1. The molecule has 0 spiro atoms. The van der Waals surface area contributed by atoms with Gasteiger partial charge in [0, 0.05) is 46.8 Å². The van der Waals surface area contributed by atoms with E-state index in [2.05, 4.69) is 10.3 Å². The minimum absolute atomic E-state index is 0.0359. The summed E-state index contributed by atoms with van der Waals surface area (Å²) >= 11 is 5.81. The average molecular weight is 416 g/mol. The summed E-state index contributed by atoms with van der Waals surface area (Å²) in [5.74, 6) is -2.03. The van der Waals surface area contributed by atoms with E-state index in [1.807, 2.05) is 25.1 Å². The summed E-state index contributed by atoms with van der Waals surface area (Å²) < 4.78 is 13.4. The largest absolute Gasteiger partial charge is 0.372 e. The molecule has 2 aromatic carbocycles. The molecule has 0 bridgehead atoms. The van der Waals surface area contributed by atoms with Crippen molar-refractivity contribution in [3.05, 3.63) is 64.6 Å². The molecule has 0 saturated carbocycles. The fourth-order valence-corrected chi connectivity index (χ4v) is 3.88. The molecule has 1 saturated heterocycles. The molecule has 1 atom stereocenters. The number of halogens is 2. The molecule has 2 heterocycles. The van der Waals surface area contributed by atoms with Crippen LogP contribution in [0.15, 0.2) is 42.5 Å². The standard InChI is InChI=1S/C21H19ClFN3O3/c1-12-6-14-9-17(2-3-18(14)25-12)26-5-4-21(29,20(26)28)19(27)24-11-13-7-15(22)10-16(23)8-13/h2-3,6-10,25,29H,4-5,11H2,1H3,(H,24,27). The molecule has 3 N–H and O–H groups in total. The fourth-order valence-electron chi connectivity index (χ4n) is 3.64. The van der Waals surface area contributed by atoms with Crippen molar-refractivity contribution in [3.8, 4) is 0 Å². The van der Waals surface area contributed by atoms with E-state index >= 15 is 0 Å². The molecule has 1 aromatic heterocycles. The predicted molar refractivity (Wildman–Crippen MR) is 108 cm³/mol. The van der Waals surface area contributed by atoms with Gasteiger partial charge in [-0.25, -0.2) is 4.39 Å². The highest BCUT2D eigenvalue weighted by molar-refractivity contribution is 6.30. The van der Waals surface area contributed by atoms with Crippen LogP contribution in [0.2, 0.25) is 5.02 Å². The molecule has 1 unspecified atom stereocenters. The van der Waals surface area contributed by atoms with Gasteiger partial charge in [-0.05, 0) is 55.0 Å². The number of fused-ring (bicyclic) bond motifs is 1. The van der Waals surface area contributed by atoms with Crippen molar-refractivity contribution in [1.82, 2.24) is 10.3 Å². The zero-order valence-corrected chi connectivity index (χ0v) is 16.4. The number of amides is 2. The second-order valence-electron chi connectivity index (χ2n) is 7.25. The number of aliphatic hydroxyl groups is 1.